The Morgan fingerprint density at radius 3 is 2.72 bits per heavy atom. The molecule has 250 valence electrons. The molecule has 4 aromatic heterocycles. The van der Waals surface area contributed by atoms with Crippen molar-refractivity contribution in [3.63, 3.8) is 0 Å². The average Bonchev–Trinajstić information content (AvgIpc) is 3.43. The van der Waals surface area contributed by atoms with Crippen molar-refractivity contribution in [2.75, 3.05) is 31.3 Å². The van der Waals surface area contributed by atoms with E-state index in [2.05, 4.69) is 47.5 Å². The van der Waals surface area contributed by atoms with Crippen molar-refractivity contribution in [2.45, 2.75) is 48.7 Å². The third-order valence-electron chi connectivity index (χ3n) is 9.55. The van der Waals surface area contributed by atoms with Gasteiger partial charge in [-0.25, -0.2) is 28.8 Å². The van der Waals surface area contributed by atoms with Crippen molar-refractivity contribution in [1.82, 2.24) is 44.5 Å². The Kier molecular flexibility index (Phi) is 6.23. The summed E-state index contributed by atoms with van der Waals surface area (Å²) < 4.78 is 65.3. The Labute approximate surface area is 266 Å². The molecule has 2 bridgehead atoms. The maximum Gasteiger partial charge on any atom is 0.472 e. The van der Waals surface area contributed by atoms with E-state index in [4.69, 9.17) is 39.0 Å². The molecule has 2 saturated carbocycles. The van der Waals surface area contributed by atoms with Crippen LogP contribution in [0, 0.1) is 11.3 Å². The molecule has 3 aliphatic heterocycles. The molecule has 1 unspecified atom stereocenters. The van der Waals surface area contributed by atoms with Gasteiger partial charge in [0.25, 0.3) is 5.56 Å². The first-order valence-electron chi connectivity index (χ1n) is 14.1. The molecular formula is C22H25N11O11P2S. The van der Waals surface area contributed by atoms with Crippen molar-refractivity contribution in [3.05, 3.63) is 23.0 Å². The summed E-state index contributed by atoms with van der Waals surface area (Å²) in [4.78, 5) is 42.2. The number of rotatable bonds is 2. The number of nitrogens with two attached hydrogens (primary N) is 2. The van der Waals surface area contributed by atoms with Crippen LogP contribution in [0.15, 0.2) is 17.4 Å². The number of imidazole rings is 1. The van der Waals surface area contributed by atoms with E-state index < -0.39 is 80.4 Å². The van der Waals surface area contributed by atoms with Crippen molar-refractivity contribution in [2.24, 2.45) is 11.3 Å². The van der Waals surface area contributed by atoms with E-state index in [9.17, 15) is 23.9 Å². The number of H-pyrrole nitrogens is 1. The maximum absolute atomic E-state index is 13.8. The zero-order chi connectivity index (χ0) is 32.7. The van der Waals surface area contributed by atoms with E-state index in [0.29, 0.717) is 11.2 Å². The normalized spacial score (nSPS) is 42.9. The van der Waals surface area contributed by atoms with E-state index in [0.717, 1.165) is 0 Å². The molecule has 7 N–H and O–H groups in total. The second kappa shape index (κ2) is 9.76. The van der Waals surface area contributed by atoms with Gasteiger partial charge in [-0.2, -0.15) is 4.98 Å². The van der Waals surface area contributed by atoms with E-state index in [1.54, 1.807) is 0 Å². The van der Waals surface area contributed by atoms with Crippen LogP contribution >= 0.6 is 26.9 Å². The minimum atomic E-state index is -4.96. The predicted molar refractivity (Wildman–Crippen MR) is 156 cm³/mol. The number of phosphoric ester groups is 1. The van der Waals surface area contributed by atoms with Gasteiger partial charge in [0.15, 0.2) is 28.9 Å². The first kappa shape index (κ1) is 30.0. The largest absolute Gasteiger partial charge is 0.472 e. The topological polar surface area (TPSA) is 302 Å². The Bertz CT molecular complexity index is 2130. The minimum Gasteiger partial charge on any atom is -0.388 e. The molecule has 3 saturated heterocycles. The Morgan fingerprint density at radius 2 is 1.89 bits per heavy atom. The van der Waals surface area contributed by atoms with E-state index in [-0.39, 0.29) is 42.6 Å². The van der Waals surface area contributed by atoms with Gasteiger partial charge in [0, 0.05) is 5.41 Å². The standard InChI is InChI=1S/C22H25N11O11P2S/c23-15-8-16(26-5-25-15)32(6-27-8)19-12-14-22(42-19,3-39-12)4-40-45(36,37)43-13-11(34)10(7-1-21(7,13)2-41-46(38,47)44-14)33-17-9(30-31-33)18(35)29-20(24)28-17/h5-7,10-14,19,34H,1-4H2,(H,36,37)(H,38,47)(H2,23,25,26)(H3,24,28,29,35)/t7-,10-,11+,12-,13+,14+,19-,21-,22-,46+/m1/s1. The van der Waals surface area contributed by atoms with Crippen LogP contribution in [0.4, 0.5) is 11.8 Å². The van der Waals surface area contributed by atoms with Gasteiger partial charge in [0.2, 0.25) is 5.95 Å². The fourth-order valence-electron chi connectivity index (χ4n) is 7.36. The van der Waals surface area contributed by atoms with Gasteiger partial charge in [0.1, 0.15) is 41.9 Å². The summed E-state index contributed by atoms with van der Waals surface area (Å²) in [6.07, 6.45) is -3.10. The maximum atomic E-state index is 13.8. The first-order valence-corrected chi connectivity index (χ1v) is 18.3. The zero-order valence-corrected chi connectivity index (χ0v) is 26.4. The molecule has 5 aliphatic rings. The molecule has 4 aromatic rings. The molecule has 9 rings (SSSR count). The van der Waals surface area contributed by atoms with Gasteiger partial charge in [-0.05, 0) is 12.3 Å². The smallest absolute Gasteiger partial charge is 0.388 e. The summed E-state index contributed by atoms with van der Waals surface area (Å²) in [5.74, 6) is -0.602. The monoisotopic (exact) mass is 713 g/mol. The van der Waals surface area contributed by atoms with Crippen molar-refractivity contribution in [3.8, 4) is 0 Å². The summed E-state index contributed by atoms with van der Waals surface area (Å²) in [6.45, 7) is -5.42. The average molecular weight is 714 g/mol. The highest BCUT2D eigenvalue weighted by molar-refractivity contribution is 8.44. The van der Waals surface area contributed by atoms with Gasteiger partial charge >= 0.3 is 14.6 Å². The van der Waals surface area contributed by atoms with Crippen LogP contribution in [0.5, 0.6) is 0 Å². The number of aliphatic hydroxyl groups is 1. The third kappa shape index (κ3) is 4.32. The van der Waals surface area contributed by atoms with Gasteiger partial charge < -0.3 is 35.5 Å². The summed E-state index contributed by atoms with van der Waals surface area (Å²) in [7, 11) is -4.96. The lowest BCUT2D eigenvalue weighted by atomic mass is 10.0. The Morgan fingerprint density at radius 1 is 1.06 bits per heavy atom. The summed E-state index contributed by atoms with van der Waals surface area (Å²) in [5, 5.41) is 19.4. The van der Waals surface area contributed by atoms with Gasteiger partial charge in [-0.1, -0.05) is 17.5 Å². The molecule has 47 heavy (non-hydrogen) atoms. The summed E-state index contributed by atoms with van der Waals surface area (Å²) in [5.41, 5.74) is 8.73. The number of thiol groups is 1. The lowest BCUT2D eigenvalue weighted by molar-refractivity contribution is -0.184. The van der Waals surface area contributed by atoms with Gasteiger partial charge in [-0.3, -0.25) is 27.9 Å². The van der Waals surface area contributed by atoms with Crippen LogP contribution in [0.2, 0.25) is 0 Å². The number of ether oxygens (including phenoxy) is 2. The van der Waals surface area contributed by atoms with Crippen molar-refractivity contribution >= 4 is 61.0 Å². The number of fused-ring (bicyclic) bond motifs is 2. The molecule has 11 atom stereocenters. The van der Waals surface area contributed by atoms with Crippen molar-refractivity contribution < 1.29 is 46.7 Å². The van der Waals surface area contributed by atoms with E-state index in [1.165, 1.54) is 21.9 Å². The highest BCUT2D eigenvalue weighted by Gasteiger charge is 2.75. The molecular weight excluding hydrogens is 688 g/mol. The molecule has 25 heteroatoms. The highest BCUT2D eigenvalue weighted by Crippen LogP contribution is 2.73. The SMILES string of the molecule is Nc1nc2c(nnn2[C@H]2[C@H](O)[C@@H]3OP(=O)(O)OC[C@@]45CO[C@@H]([C@H](n6cnc7c(N)ncnc76)O4)[C@@H]5O[P@@](=O)(S)OC[C@@]34C[C@H]24)c(=O)[nH]1. The lowest BCUT2D eigenvalue weighted by Gasteiger charge is -2.34. The molecule has 0 amide bonds. The number of aliphatic hydroxyl groups excluding tert-OH is 1. The highest BCUT2D eigenvalue weighted by atomic mass is 32.7. The van der Waals surface area contributed by atoms with Crippen LogP contribution in [0.1, 0.15) is 18.7 Å². The van der Waals surface area contributed by atoms with Crippen LogP contribution in [-0.4, -0.2) is 104 Å². The predicted octanol–water partition coefficient (Wildman–Crippen LogP) is -0.937. The summed E-state index contributed by atoms with van der Waals surface area (Å²) >= 11 is 4.24. The van der Waals surface area contributed by atoms with E-state index in [1.807, 2.05) is 0 Å². The molecule has 0 aromatic carbocycles. The number of phosphoric acid groups is 1. The van der Waals surface area contributed by atoms with Gasteiger partial charge in [-0.15, -0.1) is 5.10 Å². The minimum absolute atomic E-state index is 0.0170. The number of anilines is 2. The van der Waals surface area contributed by atoms with Crippen LogP contribution in [0.3, 0.4) is 0 Å². The fraction of sp³-hybridized carbons (Fsp3) is 0.591. The Hall–Kier alpha value is -3.08. The second-order valence-electron chi connectivity index (χ2n) is 12.2. The molecule has 22 nitrogen and oxygen atoms in total. The summed E-state index contributed by atoms with van der Waals surface area (Å²) in [6, 6.07) is -0.957. The molecule has 1 spiro atoms. The van der Waals surface area contributed by atoms with Crippen LogP contribution < -0.4 is 17.0 Å². The number of hydrogen-bond acceptors (Lipinski definition) is 18. The molecule has 0 radical (unpaired) electrons. The molecule has 2 aliphatic carbocycles. The number of aromatic nitrogens is 9. The molecule has 5 fully saturated rings. The lowest BCUT2D eigenvalue weighted by Crippen LogP contribution is -2.46. The third-order valence-corrected chi connectivity index (χ3v) is 12.1. The van der Waals surface area contributed by atoms with Crippen LogP contribution in [-0.2, 0) is 36.7 Å². The number of hydrogen-bond donors (Lipinski definition) is 6. The van der Waals surface area contributed by atoms with Crippen LogP contribution in [0.25, 0.3) is 22.3 Å². The Balaban J connectivity index is 1.05. The second-order valence-corrected chi connectivity index (χ2v) is 16.4. The number of nitrogens with one attached hydrogen (secondary N) is 1. The number of nitrogens with zero attached hydrogens (tertiary/aromatic N) is 8. The fourth-order valence-corrected chi connectivity index (χ4v) is 9.96. The van der Waals surface area contributed by atoms with Gasteiger partial charge in [0.05, 0.1) is 32.2 Å². The first-order chi connectivity index (χ1) is 22.3. The number of nitrogen functional groups attached to an aromatic ring is 2. The molecule has 7 heterocycles. The quantitative estimate of drug-likeness (QED) is 0.108. The zero-order valence-electron chi connectivity index (χ0n) is 23.7. The van der Waals surface area contributed by atoms with Crippen molar-refractivity contribution in [1.29, 1.82) is 0 Å². The number of aromatic amines is 1. The van der Waals surface area contributed by atoms with E-state index >= 15 is 0 Å².